The van der Waals surface area contributed by atoms with Crippen molar-refractivity contribution < 1.29 is 14.3 Å². The average molecular weight is 383 g/mol. The standard InChI is InChI=1S/C22H29N3O3/c1-16-7-5-8-18(23-16)9-12-24(2)10-6-11-25-15-17-13-20(27-3)21(28-4)14-19(17)22(25)26/h5,7-8,13-14H,6,9-12,15H2,1-4H3. The Morgan fingerprint density at radius 3 is 2.61 bits per heavy atom. The van der Waals surface area contributed by atoms with E-state index in [4.69, 9.17) is 9.47 Å². The van der Waals surface area contributed by atoms with E-state index in [2.05, 4.69) is 29.1 Å². The average Bonchev–Trinajstić information content (AvgIpc) is 3.00. The first kappa shape index (κ1) is 20.1. The Morgan fingerprint density at radius 1 is 1.14 bits per heavy atom. The third kappa shape index (κ3) is 4.62. The Hall–Kier alpha value is -2.60. The smallest absolute Gasteiger partial charge is 0.254 e. The molecular formula is C22H29N3O3. The molecule has 0 saturated carbocycles. The number of aryl methyl sites for hydroxylation is 1. The molecule has 0 aliphatic carbocycles. The van der Waals surface area contributed by atoms with Gasteiger partial charge in [-0.3, -0.25) is 9.78 Å². The van der Waals surface area contributed by atoms with E-state index in [0.29, 0.717) is 18.0 Å². The minimum atomic E-state index is 0.0718. The molecule has 2 aromatic rings. The molecule has 150 valence electrons. The van der Waals surface area contributed by atoms with E-state index >= 15 is 0 Å². The van der Waals surface area contributed by atoms with Crippen molar-refractivity contribution in [2.75, 3.05) is 40.9 Å². The Labute approximate surface area is 167 Å². The van der Waals surface area contributed by atoms with Crippen molar-refractivity contribution in [2.24, 2.45) is 0 Å². The van der Waals surface area contributed by atoms with Crippen molar-refractivity contribution in [1.29, 1.82) is 0 Å². The van der Waals surface area contributed by atoms with E-state index in [1.165, 1.54) is 0 Å². The number of carbonyl (C=O) groups is 1. The van der Waals surface area contributed by atoms with Crippen molar-refractivity contribution in [1.82, 2.24) is 14.8 Å². The van der Waals surface area contributed by atoms with Crippen LogP contribution in [0.25, 0.3) is 0 Å². The van der Waals surface area contributed by atoms with Crippen molar-refractivity contribution in [3.63, 3.8) is 0 Å². The van der Waals surface area contributed by atoms with E-state index in [9.17, 15) is 4.79 Å². The predicted octanol–water partition coefficient (Wildman–Crippen LogP) is 2.93. The molecule has 28 heavy (non-hydrogen) atoms. The lowest BCUT2D eigenvalue weighted by molar-refractivity contribution is 0.0772. The van der Waals surface area contributed by atoms with E-state index in [1.807, 2.05) is 24.0 Å². The fourth-order valence-corrected chi connectivity index (χ4v) is 3.57. The first-order chi connectivity index (χ1) is 13.5. The third-order valence-electron chi connectivity index (χ3n) is 5.15. The molecule has 6 nitrogen and oxygen atoms in total. The molecule has 0 spiro atoms. The SMILES string of the molecule is COc1cc2c(cc1OC)C(=O)N(CCCN(C)CCc1cccc(C)n1)C2. The molecule has 1 aromatic carbocycles. The molecule has 1 aliphatic rings. The molecule has 0 saturated heterocycles. The van der Waals surface area contributed by atoms with Crippen LogP contribution in [0, 0.1) is 6.92 Å². The molecular weight excluding hydrogens is 354 g/mol. The van der Waals surface area contributed by atoms with Crippen LogP contribution in [0.2, 0.25) is 0 Å². The Balaban J connectivity index is 1.48. The topological polar surface area (TPSA) is 54.9 Å². The van der Waals surface area contributed by atoms with Crippen LogP contribution in [-0.4, -0.2) is 61.6 Å². The van der Waals surface area contributed by atoms with Gasteiger partial charge in [-0.2, -0.15) is 0 Å². The van der Waals surface area contributed by atoms with Gasteiger partial charge in [-0.1, -0.05) is 6.07 Å². The molecule has 0 unspecified atom stereocenters. The van der Waals surface area contributed by atoms with Crippen LogP contribution in [0.4, 0.5) is 0 Å². The fraction of sp³-hybridized carbons (Fsp3) is 0.455. The molecule has 0 N–H and O–H groups in total. The molecule has 0 fully saturated rings. The molecule has 1 aliphatic heterocycles. The lowest BCUT2D eigenvalue weighted by Crippen LogP contribution is -2.29. The monoisotopic (exact) mass is 383 g/mol. The summed E-state index contributed by atoms with van der Waals surface area (Å²) in [6.45, 7) is 5.29. The van der Waals surface area contributed by atoms with Crippen molar-refractivity contribution in [2.45, 2.75) is 26.3 Å². The number of fused-ring (bicyclic) bond motifs is 1. The van der Waals surface area contributed by atoms with Crippen LogP contribution in [-0.2, 0) is 13.0 Å². The van der Waals surface area contributed by atoms with Crippen LogP contribution in [0.3, 0.4) is 0 Å². The summed E-state index contributed by atoms with van der Waals surface area (Å²) in [5.41, 5.74) is 3.90. The predicted molar refractivity (Wildman–Crippen MR) is 109 cm³/mol. The Morgan fingerprint density at radius 2 is 1.89 bits per heavy atom. The Kier molecular flexibility index (Phi) is 6.52. The number of likely N-dealkylation sites (N-methyl/N-ethyl adjacent to an activating group) is 1. The van der Waals surface area contributed by atoms with Gasteiger partial charge in [0, 0.05) is 43.0 Å². The molecule has 3 rings (SSSR count). The summed E-state index contributed by atoms with van der Waals surface area (Å²) in [5.74, 6) is 1.34. The zero-order chi connectivity index (χ0) is 20.1. The van der Waals surface area contributed by atoms with E-state index in [-0.39, 0.29) is 5.91 Å². The maximum atomic E-state index is 12.7. The second-order valence-electron chi connectivity index (χ2n) is 7.27. The Bertz CT molecular complexity index is 838. The normalized spacial score (nSPS) is 13.2. The van der Waals surface area contributed by atoms with Gasteiger partial charge in [0.2, 0.25) is 0 Å². The maximum Gasteiger partial charge on any atom is 0.254 e. The highest BCUT2D eigenvalue weighted by Gasteiger charge is 2.29. The number of methoxy groups -OCH3 is 2. The maximum absolute atomic E-state index is 12.7. The zero-order valence-electron chi connectivity index (χ0n) is 17.2. The lowest BCUT2D eigenvalue weighted by Gasteiger charge is -2.20. The van der Waals surface area contributed by atoms with Gasteiger partial charge < -0.3 is 19.3 Å². The van der Waals surface area contributed by atoms with Crippen LogP contribution in [0.5, 0.6) is 11.5 Å². The number of carbonyl (C=O) groups excluding carboxylic acids is 1. The quantitative estimate of drug-likeness (QED) is 0.666. The summed E-state index contributed by atoms with van der Waals surface area (Å²) in [6, 6.07) is 9.84. The van der Waals surface area contributed by atoms with Crippen molar-refractivity contribution >= 4 is 5.91 Å². The van der Waals surface area contributed by atoms with Crippen LogP contribution < -0.4 is 9.47 Å². The van der Waals surface area contributed by atoms with Gasteiger partial charge in [-0.05, 0) is 56.8 Å². The van der Waals surface area contributed by atoms with Crippen LogP contribution in [0.15, 0.2) is 30.3 Å². The van der Waals surface area contributed by atoms with Crippen molar-refractivity contribution in [3.8, 4) is 11.5 Å². The fourth-order valence-electron chi connectivity index (χ4n) is 3.57. The molecule has 0 atom stereocenters. The van der Waals surface area contributed by atoms with E-state index in [1.54, 1.807) is 20.3 Å². The van der Waals surface area contributed by atoms with Gasteiger partial charge in [0.15, 0.2) is 11.5 Å². The number of nitrogens with zero attached hydrogens (tertiary/aromatic N) is 3. The number of aromatic nitrogens is 1. The highest BCUT2D eigenvalue weighted by molar-refractivity contribution is 5.99. The highest BCUT2D eigenvalue weighted by Crippen LogP contribution is 2.34. The minimum Gasteiger partial charge on any atom is -0.493 e. The lowest BCUT2D eigenvalue weighted by atomic mass is 10.1. The first-order valence-corrected chi connectivity index (χ1v) is 9.67. The van der Waals surface area contributed by atoms with Crippen molar-refractivity contribution in [3.05, 3.63) is 52.8 Å². The van der Waals surface area contributed by atoms with Gasteiger partial charge >= 0.3 is 0 Å². The summed E-state index contributed by atoms with van der Waals surface area (Å²) in [5, 5.41) is 0. The number of amides is 1. The molecule has 2 heterocycles. The number of hydrogen-bond acceptors (Lipinski definition) is 5. The summed E-state index contributed by atoms with van der Waals surface area (Å²) in [6.07, 6.45) is 1.87. The van der Waals surface area contributed by atoms with Gasteiger partial charge in [-0.25, -0.2) is 0 Å². The van der Waals surface area contributed by atoms with E-state index < -0.39 is 0 Å². The summed E-state index contributed by atoms with van der Waals surface area (Å²) in [7, 11) is 5.32. The molecule has 0 radical (unpaired) electrons. The summed E-state index contributed by atoms with van der Waals surface area (Å²) >= 11 is 0. The van der Waals surface area contributed by atoms with Gasteiger partial charge in [0.05, 0.1) is 14.2 Å². The number of pyridine rings is 1. The van der Waals surface area contributed by atoms with Crippen LogP contribution >= 0.6 is 0 Å². The van der Waals surface area contributed by atoms with Crippen LogP contribution in [0.1, 0.15) is 33.7 Å². The first-order valence-electron chi connectivity index (χ1n) is 9.67. The second kappa shape index (κ2) is 9.06. The van der Waals surface area contributed by atoms with Gasteiger partial charge in [-0.15, -0.1) is 0 Å². The number of rotatable bonds is 9. The largest absolute Gasteiger partial charge is 0.493 e. The zero-order valence-corrected chi connectivity index (χ0v) is 17.2. The van der Waals surface area contributed by atoms with Gasteiger partial charge in [0.1, 0.15) is 0 Å². The minimum absolute atomic E-state index is 0.0718. The summed E-state index contributed by atoms with van der Waals surface area (Å²) < 4.78 is 10.7. The number of hydrogen-bond donors (Lipinski definition) is 0. The number of ether oxygens (including phenoxy) is 2. The summed E-state index contributed by atoms with van der Waals surface area (Å²) in [4.78, 5) is 21.4. The van der Waals surface area contributed by atoms with E-state index in [0.717, 1.165) is 55.0 Å². The molecule has 0 bridgehead atoms. The second-order valence-corrected chi connectivity index (χ2v) is 7.27. The van der Waals surface area contributed by atoms with Gasteiger partial charge in [0.25, 0.3) is 5.91 Å². The highest BCUT2D eigenvalue weighted by atomic mass is 16.5. The third-order valence-corrected chi connectivity index (χ3v) is 5.15. The molecule has 6 heteroatoms. The molecule has 1 aromatic heterocycles. The molecule has 1 amide bonds. The number of benzene rings is 1.